The van der Waals surface area contributed by atoms with Crippen molar-refractivity contribution in [2.75, 3.05) is 11.9 Å². The lowest BCUT2D eigenvalue weighted by molar-refractivity contribution is -0.141. The van der Waals surface area contributed by atoms with Gasteiger partial charge in [-0.05, 0) is 41.0 Å². The van der Waals surface area contributed by atoms with Gasteiger partial charge in [0.05, 0.1) is 12.1 Å². The van der Waals surface area contributed by atoms with E-state index in [4.69, 9.17) is 5.11 Å². The van der Waals surface area contributed by atoms with Crippen molar-refractivity contribution in [2.45, 2.75) is 32.2 Å². The van der Waals surface area contributed by atoms with Gasteiger partial charge in [0, 0.05) is 4.47 Å². The zero-order chi connectivity index (χ0) is 15.0. The van der Waals surface area contributed by atoms with E-state index in [-0.39, 0.29) is 12.3 Å². The molecule has 5 nitrogen and oxygen atoms in total. The summed E-state index contributed by atoms with van der Waals surface area (Å²) in [5, 5.41) is 14.7. The molecule has 0 saturated carbocycles. The highest BCUT2D eigenvalue weighted by Crippen LogP contribution is 2.21. The summed E-state index contributed by atoms with van der Waals surface area (Å²) in [6, 6.07) is 6.34. The highest BCUT2D eigenvalue weighted by molar-refractivity contribution is 9.10. The quantitative estimate of drug-likeness (QED) is 0.634. The average Bonchev–Trinajstić information content (AvgIpc) is 2.40. The monoisotopic (exact) mass is 342 g/mol. The number of halogens is 1. The van der Waals surface area contributed by atoms with E-state index in [2.05, 4.69) is 26.6 Å². The van der Waals surface area contributed by atoms with E-state index in [0.717, 1.165) is 17.3 Å². The lowest BCUT2D eigenvalue weighted by Gasteiger charge is -2.14. The van der Waals surface area contributed by atoms with E-state index in [1.54, 1.807) is 12.1 Å². The van der Waals surface area contributed by atoms with Gasteiger partial charge in [-0.15, -0.1) is 0 Å². The Morgan fingerprint density at radius 1 is 1.35 bits per heavy atom. The van der Waals surface area contributed by atoms with Gasteiger partial charge in [0.15, 0.2) is 0 Å². The molecule has 0 spiro atoms. The molecule has 1 aromatic carbocycles. The second kappa shape index (κ2) is 8.71. The van der Waals surface area contributed by atoms with Gasteiger partial charge in [0.1, 0.15) is 6.04 Å². The maximum Gasteiger partial charge on any atom is 0.321 e. The van der Waals surface area contributed by atoms with Crippen molar-refractivity contribution >= 4 is 33.5 Å². The van der Waals surface area contributed by atoms with Crippen molar-refractivity contribution in [3.63, 3.8) is 0 Å². The number of carbonyl (C=O) groups is 2. The smallest absolute Gasteiger partial charge is 0.321 e. The molecular weight excluding hydrogens is 324 g/mol. The molecule has 1 unspecified atom stereocenters. The topological polar surface area (TPSA) is 78.4 Å². The molecule has 0 aliphatic carbocycles. The lowest BCUT2D eigenvalue weighted by atomic mass is 10.2. The van der Waals surface area contributed by atoms with Crippen LogP contribution in [-0.2, 0) is 9.59 Å². The molecule has 0 aliphatic heterocycles. The molecule has 0 saturated heterocycles. The standard InChI is InChI=1S/C14H19BrN2O3/c1-2-3-8-16-12(14(19)20)9-13(18)17-11-7-5-4-6-10(11)15/h4-7,12,16H,2-3,8-9H2,1H3,(H,17,18)(H,19,20). The summed E-state index contributed by atoms with van der Waals surface area (Å²) in [7, 11) is 0. The van der Waals surface area contributed by atoms with Crippen LogP contribution in [0.1, 0.15) is 26.2 Å². The largest absolute Gasteiger partial charge is 0.480 e. The number of benzene rings is 1. The fourth-order valence-electron chi connectivity index (χ4n) is 1.65. The first kappa shape index (κ1) is 16.7. The Labute approximate surface area is 126 Å². The van der Waals surface area contributed by atoms with Crippen molar-refractivity contribution < 1.29 is 14.7 Å². The molecule has 6 heteroatoms. The molecule has 0 bridgehead atoms. The van der Waals surface area contributed by atoms with Gasteiger partial charge >= 0.3 is 5.97 Å². The summed E-state index contributed by atoms with van der Waals surface area (Å²) in [5.41, 5.74) is 0.634. The van der Waals surface area contributed by atoms with Gasteiger partial charge in [-0.2, -0.15) is 0 Å². The fraction of sp³-hybridized carbons (Fsp3) is 0.429. The zero-order valence-electron chi connectivity index (χ0n) is 11.4. The second-order valence-corrected chi connectivity index (χ2v) is 5.28. The number of unbranched alkanes of at least 4 members (excludes halogenated alkanes) is 1. The average molecular weight is 343 g/mol. The van der Waals surface area contributed by atoms with Crippen LogP contribution < -0.4 is 10.6 Å². The number of carbonyl (C=O) groups excluding carboxylic acids is 1. The van der Waals surface area contributed by atoms with Crippen LogP contribution in [0.3, 0.4) is 0 Å². The van der Waals surface area contributed by atoms with Gasteiger partial charge in [-0.3, -0.25) is 9.59 Å². The van der Waals surface area contributed by atoms with Crippen molar-refractivity contribution in [3.8, 4) is 0 Å². The lowest BCUT2D eigenvalue weighted by Crippen LogP contribution is -2.40. The normalized spacial score (nSPS) is 11.9. The van der Waals surface area contributed by atoms with Crippen LogP contribution in [0.25, 0.3) is 0 Å². The first-order chi connectivity index (χ1) is 9.54. The van der Waals surface area contributed by atoms with Crippen LogP contribution in [0.5, 0.6) is 0 Å². The highest BCUT2D eigenvalue weighted by Gasteiger charge is 2.20. The number of amides is 1. The maximum absolute atomic E-state index is 11.9. The Morgan fingerprint density at radius 3 is 2.65 bits per heavy atom. The molecule has 110 valence electrons. The number of hydrogen-bond acceptors (Lipinski definition) is 3. The summed E-state index contributed by atoms with van der Waals surface area (Å²) in [4.78, 5) is 23.0. The van der Waals surface area contributed by atoms with Crippen LogP contribution in [0, 0.1) is 0 Å². The van der Waals surface area contributed by atoms with E-state index < -0.39 is 12.0 Å². The number of aliphatic carboxylic acids is 1. The number of carboxylic acid groups (broad SMARTS) is 1. The summed E-state index contributed by atoms with van der Waals surface area (Å²) < 4.78 is 0.763. The Kier molecular flexibility index (Phi) is 7.25. The van der Waals surface area contributed by atoms with E-state index in [0.29, 0.717) is 12.2 Å². The molecular formula is C14H19BrN2O3. The zero-order valence-corrected chi connectivity index (χ0v) is 12.9. The number of rotatable bonds is 8. The summed E-state index contributed by atoms with van der Waals surface area (Å²) >= 11 is 3.32. The fourth-order valence-corrected chi connectivity index (χ4v) is 2.03. The van der Waals surface area contributed by atoms with Gasteiger partial charge in [-0.1, -0.05) is 25.5 Å². The second-order valence-electron chi connectivity index (χ2n) is 4.43. The van der Waals surface area contributed by atoms with Gasteiger partial charge < -0.3 is 15.7 Å². The van der Waals surface area contributed by atoms with Gasteiger partial charge in [0.2, 0.25) is 5.91 Å². The number of hydrogen-bond donors (Lipinski definition) is 3. The molecule has 1 atom stereocenters. The molecule has 1 rings (SSSR count). The molecule has 0 aromatic heterocycles. The van der Waals surface area contributed by atoms with Crippen molar-refractivity contribution in [1.29, 1.82) is 0 Å². The minimum absolute atomic E-state index is 0.0968. The van der Waals surface area contributed by atoms with Crippen LogP contribution in [0.2, 0.25) is 0 Å². The summed E-state index contributed by atoms with van der Waals surface area (Å²) in [5.74, 6) is -1.34. The predicted molar refractivity (Wildman–Crippen MR) is 81.7 cm³/mol. The van der Waals surface area contributed by atoms with E-state index in [9.17, 15) is 9.59 Å². The maximum atomic E-state index is 11.9. The SMILES string of the molecule is CCCCNC(CC(=O)Nc1ccccc1Br)C(=O)O. The number of anilines is 1. The van der Waals surface area contributed by atoms with Crippen molar-refractivity contribution in [2.24, 2.45) is 0 Å². The molecule has 0 heterocycles. The van der Waals surface area contributed by atoms with Crippen molar-refractivity contribution in [1.82, 2.24) is 5.32 Å². The highest BCUT2D eigenvalue weighted by atomic mass is 79.9. The minimum atomic E-state index is -1.01. The van der Waals surface area contributed by atoms with E-state index in [1.165, 1.54) is 0 Å². The van der Waals surface area contributed by atoms with Gasteiger partial charge in [0.25, 0.3) is 0 Å². The predicted octanol–water partition coefficient (Wildman–Crippen LogP) is 2.62. The number of carboxylic acids is 1. The van der Waals surface area contributed by atoms with E-state index >= 15 is 0 Å². The Morgan fingerprint density at radius 2 is 2.05 bits per heavy atom. The molecule has 0 fully saturated rings. The molecule has 1 aromatic rings. The molecule has 3 N–H and O–H groups in total. The molecule has 1 amide bonds. The first-order valence-corrected chi connectivity index (χ1v) is 7.34. The molecule has 0 radical (unpaired) electrons. The third-order valence-corrected chi connectivity index (χ3v) is 3.45. The third-order valence-electron chi connectivity index (χ3n) is 2.76. The number of nitrogens with one attached hydrogen (secondary N) is 2. The van der Waals surface area contributed by atoms with Crippen LogP contribution in [0.15, 0.2) is 28.7 Å². The first-order valence-electron chi connectivity index (χ1n) is 6.55. The summed E-state index contributed by atoms with van der Waals surface area (Å²) in [6.07, 6.45) is 1.76. The third kappa shape index (κ3) is 5.71. The summed E-state index contributed by atoms with van der Waals surface area (Å²) in [6.45, 7) is 2.62. The van der Waals surface area contributed by atoms with Crippen LogP contribution >= 0.6 is 15.9 Å². The van der Waals surface area contributed by atoms with Crippen LogP contribution in [0.4, 0.5) is 5.69 Å². The molecule has 0 aliphatic rings. The van der Waals surface area contributed by atoms with Crippen molar-refractivity contribution in [3.05, 3.63) is 28.7 Å². The number of para-hydroxylation sites is 1. The van der Waals surface area contributed by atoms with E-state index in [1.807, 2.05) is 19.1 Å². The minimum Gasteiger partial charge on any atom is -0.480 e. The molecule has 20 heavy (non-hydrogen) atoms. The Bertz CT molecular complexity index is 465. The van der Waals surface area contributed by atoms with Gasteiger partial charge in [-0.25, -0.2) is 0 Å². The Hall–Kier alpha value is -1.40. The van der Waals surface area contributed by atoms with Crippen LogP contribution in [-0.4, -0.2) is 29.6 Å². The Balaban J connectivity index is 2.54.